The second-order valence-electron chi connectivity index (χ2n) is 3.74. The van der Waals surface area contributed by atoms with Crippen molar-refractivity contribution in [3.8, 4) is 0 Å². The highest BCUT2D eigenvalue weighted by molar-refractivity contribution is 7.03. The van der Waals surface area contributed by atoms with E-state index in [2.05, 4.69) is 19.8 Å². The van der Waals surface area contributed by atoms with Crippen molar-refractivity contribution in [2.24, 2.45) is 0 Å². The monoisotopic (exact) mass is 248 g/mol. The molecule has 0 amide bonds. The van der Waals surface area contributed by atoms with Crippen molar-refractivity contribution in [3.05, 3.63) is 11.1 Å². The van der Waals surface area contributed by atoms with E-state index < -0.39 is 0 Å². The minimum Gasteiger partial charge on any atom is -0.317 e. The third-order valence-electron chi connectivity index (χ3n) is 2.79. The summed E-state index contributed by atoms with van der Waals surface area (Å²) in [7, 11) is 2.05. The van der Waals surface area contributed by atoms with Crippen molar-refractivity contribution < 1.29 is 0 Å². The van der Waals surface area contributed by atoms with Gasteiger partial charge in [-0.3, -0.25) is 4.90 Å². The molecular weight excluding hydrogens is 232 g/mol. The Hall–Kier alpha value is -0.230. The van der Waals surface area contributed by atoms with Gasteiger partial charge in [0.2, 0.25) is 0 Å². The highest BCUT2D eigenvalue weighted by atomic mass is 35.5. The highest BCUT2D eigenvalue weighted by Gasteiger charge is 2.17. The topological polar surface area (TPSA) is 41.0 Å². The lowest BCUT2D eigenvalue weighted by molar-refractivity contribution is 0.192. The Morgan fingerprint density at radius 2 is 2.27 bits per heavy atom. The Kier molecular flexibility index (Phi) is 5.45. The zero-order valence-corrected chi connectivity index (χ0v) is 10.5. The van der Waals surface area contributed by atoms with E-state index >= 15 is 0 Å². The Labute approximate surface area is 101 Å². The van der Waals surface area contributed by atoms with Crippen molar-refractivity contribution in [1.82, 2.24) is 19.8 Å². The van der Waals surface area contributed by atoms with Gasteiger partial charge < -0.3 is 5.32 Å². The van der Waals surface area contributed by atoms with Crippen LogP contribution >= 0.6 is 23.9 Å². The third kappa shape index (κ3) is 3.68. The second kappa shape index (κ2) is 6.37. The molecule has 0 aliphatic carbocycles. The number of piperidine rings is 1. The summed E-state index contributed by atoms with van der Waals surface area (Å²) < 4.78 is 3.87. The zero-order chi connectivity index (χ0) is 9.80. The van der Waals surface area contributed by atoms with Crippen LogP contribution in [0.3, 0.4) is 0 Å². The van der Waals surface area contributed by atoms with Crippen LogP contribution in [0.5, 0.6) is 0 Å². The normalized spacial score (nSPS) is 18.7. The lowest BCUT2D eigenvalue weighted by atomic mass is 10.1. The number of hydrogen-bond donors (Lipinski definition) is 1. The molecule has 0 bridgehead atoms. The Bertz CT molecular complexity index is 259. The second-order valence-corrected chi connectivity index (χ2v) is 4.35. The molecular formula is C9H17ClN4S. The van der Waals surface area contributed by atoms with E-state index in [9.17, 15) is 0 Å². The number of hydrogen-bond acceptors (Lipinski definition) is 5. The summed E-state index contributed by atoms with van der Waals surface area (Å²) in [5.41, 5.74) is 1.11. The molecule has 1 saturated heterocycles. The van der Waals surface area contributed by atoms with Crippen LogP contribution in [-0.2, 0) is 6.54 Å². The molecule has 1 aliphatic rings. The van der Waals surface area contributed by atoms with Crippen LogP contribution in [0.2, 0.25) is 0 Å². The Morgan fingerprint density at radius 1 is 1.53 bits per heavy atom. The number of nitrogens with zero attached hydrogens (tertiary/aromatic N) is 3. The summed E-state index contributed by atoms with van der Waals surface area (Å²) in [6.07, 6.45) is 2.49. The van der Waals surface area contributed by atoms with E-state index in [1.165, 1.54) is 37.5 Å². The van der Waals surface area contributed by atoms with Gasteiger partial charge in [0.1, 0.15) is 0 Å². The summed E-state index contributed by atoms with van der Waals surface area (Å²) in [6, 6.07) is 0.708. The molecule has 0 aromatic carbocycles. The molecule has 4 nitrogen and oxygen atoms in total. The summed E-state index contributed by atoms with van der Waals surface area (Å²) in [6.45, 7) is 3.30. The summed E-state index contributed by atoms with van der Waals surface area (Å²) in [5, 5.41) is 9.42. The molecule has 1 aliphatic heterocycles. The predicted octanol–water partition coefficient (Wildman–Crippen LogP) is 1.14. The maximum Gasteiger partial charge on any atom is 0.0895 e. The first-order chi connectivity index (χ1) is 6.88. The predicted molar refractivity (Wildman–Crippen MR) is 64.5 cm³/mol. The molecule has 2 heterocycles. The van der Waals surface area contributed by atoms with E-state index in [1.54, 1.807) is 0 Å². The molecule has 6 heteroatoms. The Morgan fingerprint density at radius 3 is 2.80 bits per heavy atom. The van der Waals surface area contributed by atoms with Gasteiger partial charge in [-0.1, -0.05) is 4.49 Å². The van der Waals surface area contributed by atoms with Crippen LogP contribution in [0.25, 0.3) is 0 Å². The van der Waals surface area contributed by atoms with Gasteiger partial charge in [-0.25, -0.2) is 0 Å². The van der Waals surface area contributed by atoms with Gasteiger partial charge in [0.05, 0.1) is 5.69 Å². The largest absolute Gasteiger partial charge is 0.317 e. The van der Waals surface area contributed by atoms with Crippen molar-refractivity contribution in [2.45, 2.75) is 25.4 Å². The SMILES string of the molecule is CNC1CCN(Cc2csnn2)CC1.Cl. The van der Waals surface area contributed by atoms with Crippen molar-refractivity contribution in [1.29, 1.82) is 0 Å². The van der Waals surface area contributed by atoms with E-state index in [-0.39, 0.29) is 12.4 Å². The lowest BCUT2D eigenvalue weighted by Crippen LogP contribution is -2.40. The van der Waals surface area contributed by atoms with Gasteiger partial charge in [-0.05, 0) is 31.4 Å². The van der Waals surface area contributed by atoms with Crippen LogP contribution in [0, 0.1) is 0 Å². The molecule has 2 rings (SSSR count). The number of aromatic nitrogens is 2. The molecule has 1 aromatic heterocycles. The van der Waals surface area contributed by atoms with Crippen LogP contribution in [0.4, 0.5) is 0 Å². The molecule has 1 N–H and O–H groups in total. The van der Waals surface area contributed by atoms with E-state index in [0.29, 0.717) is 6.04 Å². The minimum atomic E-state index is 0. The molecule has 0 atom stereocenters. The first-order valence-electron chi connectivity index (χ1n) is 5.04. The molecule has 0 spiro atoms. The third-order valence-corrected chi connectivity index (χ3v) is 3.34. The van der Waals surface area contributed by atoms with Crippen LogP contribution in [-0.4, -0.2) is 40.7 Å². The van der Waals surface area contributed by atoms with E-state index in [0.717, 1.165) is 12.2 Å². The zero-order valence-electron chi connectivity index (χ0n) is 8.85. The van der Waals surface area contributed by atoms with Gasteiger partial charge in [-0.15, -0.1) is 17.5 Å². The quantitative estimate of drug-likeness (QED) is 0.871. The highest BCUT2D eigenvalue weighted by Crippen LogP contribution is 2.12. The fraction of sp³-hybridized carbons (Fsp3) is 0.778. The van der Waals surface area contributed by atoms with E-state index in [1.807, 2.05) is 12.4 Å². The molecule has 0 radical (unpaired) electrons. The first kappa shape index (κ1) is 12.8. The number of likely N-dealkylation sites (tertiary alicyclic amines) is 1. The molecule has 0 saturated carbocycles. The average molecular weight is 249 g/mol. The van der Waals surface area contributed by atoms with Gasteiger partial charge >= 0.3 is 0 Å². The molecule has 1 fully saturated rings. The molecule has 15 heavy (non-hydrogen) atoms. The molecule has 0 unspecified atom stereocenters. The van der Waals surface area contributed by atoms with Crippen molar-refractivity contribution in [2.75, 3.05) is 20.1 Å². The minimum absolute atomic E-state index is 0. The summed E-state index contributed by atoms with van der Waals surface area (Å²) in [4.78, 5) is 2.45. The van der Waals surface area contributed by atoms with Crippen LogP contribution < -0.4 is 5.32 Å². The van der Waals surface area contributed by atoms with Gasteiger partial charge in [0.15, 0.2) is 0 Å². The summed E-state index contributed by atoms with van der Waals surface area (Å²) in [5.74, 6) is 0. The smallest absolute Gasteiger partial charge is 0.0895 e. The molecule has 1 aromatic rings. The fourth-order valence-electron chi connectivity index (χ4n) is 1.86. The van der Waals surface area contributed by atoms with Gasteiger partial charge in [0.25, 0.3) is 0 Å². The maximum absolute atomic E-state index is 4.06. The number of nitrogens with one attached hydrogen (secondary N) is 1. The van der Waals surface area contributed by atoms with Crippen molar-refractivity contribution in [3.63, 3.8) is 0 Å². The van der Waals surface area contributed by atoms with Gasteiger partial charge in [0, 0.05) is 31.1 Å². The molecule has 86 valence electrons. The van der Waals surface area contributed by atoms with E-state index in [4.69, 9.17) is 0 Å². The van der Waals surface area contributed by atoms with Crippen LogP contribution in [0.15, 0.2) is 5.38 Å². The lowest BCUT2D eigenvalue weighted by Gasteiger charge is -2.30. The number of rotatable bonds is 3. The summed E-state index contributed by atoms with van der Waals surface area (Å²) >= 11 is 1.43. The Balaban J connectivity index is 0.00000112. The number of halogens is 1. The fourth-order valence-corrected chi connectivity index (χ4v) is 2.30. The van der Waals surface area contributed by atoms with Gasteiger partial charge in [-0.2, -0.15) is 0 Å². The first-order valence-corrected chi connectivity index (χ1v) is 5.87. The average Bonchev–Trinajstić information content (AvgIpc) is 2.72. The van der Waals surface area contributed by atoms with Crippen molar-refractivity contribution >= 4 is 23.9 Å². The maximum atomic E-state index is 4.06. The standard InChI is InChI=1S/C9H16N4S.ClH/c1-10-8-2-4-13(5-3-8)6-9-7-14-12-11-9;/h7-8,10H,2-6H2,1H3;1H. The van der Waals surface area contributed by atoms with Crippen LogP contribution in [0.1, 0.15) is 18.5 Å².